The molecule has 13 heteroatoms. The third-order valence-electron chi connectivity index (χ3n) is 13.3. The van der Waals surface area contributed by atoms with Crippen molar-refractivity contribution in [1.29, 1.82) is 0 Å². The summed E-state index contributed by atoms with van der Waals surface area (Å²) in [6.45, 7) is 51.5. The molecule has 0 bridgehead atoms. The van der Waals surface area contributed by atoms with Gasteiger partial charge in [-0.3, -0.25) is 4.52 Å². The monoisotopic (exact) mass is 1060 g/mol. The highest BCUT2D eigenvalue weighted by atomic mass is 31.2. The van der Waals surface area contributed by atoms with Crippen LogP contribution in [0.4, 0.5) is 0 Å². The van der Waals surface area contributed by atoms with Crippen LogP contribution in [0, 0.1) is 12.3 Å². The first-order valence-corrected chi connectivity index (χ1v) is 29.3. The molecule has 3 heterocycles. The Morgan fingerprint density at radius 2 is 0.808 bits per heavy atom. The van der Waals surface area contributed by atoms with Crippen molar-refractivity contribution in [2.75, 3.05) is 39.6 Å². The maximum absolute atomic E-state index is 6.62. The molecular formula is C60H90NO9P3. The predicted molar refractivity (Wildman–Crippen MR) is 307 cm³/mol. The smallest absolute Gasteiger partial charge is 0.397 e. The number of fused-ring (bicyclic) bond motifs is 3. The van der Waals surface area contributed by atoms with Crippen LogP contribution < -0.4 is 19.3 Å². The van der Waals surface area contributed by atoms with Crippen LogP contribution in [0.1, 0.15) is 190 Å². The molecule has 2 aliphatic heterocycles. The van der Waals surface area contributed by atoms with Crippen LogP contribution in [0.2, 0.25) is 0 Å². The fraction of sp³-hybridized carbons (Fsp3) is 0.600. The molecule has 1 aromatic heterocycles. The Kier molecular flexibility index (Phi) is 17.7. The number of benzene rings is 4. The van der Waals surface area contributed by atoms with Crippen molar-refractivity contribution >= 4 is 47.4 Å². The summed E-state index contributed by atoms with van der Waals surface area (Å²) in [6, 6.07) is 21.9. The molecule has 2 saturated heterocycles. The molecular weight excluding hydrogens is 972 g/mol. The van der Waals surface area contributed by atoms with Gasteiger partial charge in [-0.15, -0.1) is 0 Å². The van der Waals surface area contributed by atoms with E-state index in [1.54, 1.807) is 0 Å². The van der Waals surface area contributed by atoms with Crippen LogP contribution >= 0.6 is 25.4 Å². The van der Waals surface area contributed by atoms with E-state index < -0.39 is 25.4 Å². The summed E-state index contributed by atoms with van der Waals surface area (Å²) in [7, 11) is -4.66. The fourth-order valence-corrected chi connectivity index (χ4v) is 12.1. The Hall–Kier alpha value is -3.00. The Balaban J connectivity index is 0.000000239. The summed E-state index contributed by atoms with van der Waals surface area (Å²) in [4.78, 5) is 0. The molecule has 7 rings (SSSR count). The highest BCUT2D eigenvalue weighted by Crippen LogP contribution is 2.55. The summed E-state index contributed by atoms with van der Waals surface area (Å²) in [5, 5.41) is 2.16. The molecule has 10 nitrogen and oxygen atoms in total. The van der Waals surface area contributed by atoms with E-state index in [0.717, 1.165) is 44.6 Å². The number of aryl methyl sites for hydroxylation is 1. The lowest BCUT2D eigenvalue weighted by Gasteiger charge is -2.41. The summed E-state index contributed by atoms with van der Waals surface area (Å²) in [5.74, 6) is 1.62. The standard InChI is InChI=1S/C30H46NO3P.C30H44O6P2/c1-27(2,3)19-15-21-22-16-20(28(4,5)6)18-24(30(10,11)12)26(22)34-35(32-14-13-31)33-25(21)23(17-19)29(7,8)9;1-21-11-13-25(23(15-21)28(5,6)7)35-37-31-17-30(18-32-37)19-33-38(34-20-30)36-26-14-12-22(27(2,3)4)16-24(26)29(8,9)10/h15-18H,13-14,31H2,1-12H3;11-16H,17-20H2,1-10H3. The molecule has 5 aromatic rings. The van der Waals surface area contributed by atoms with Crippen molar-refractivity contribution in [2.45, 2.75) is 190 Å². The zero-order valence-corrected chi connectivity index (χ0v) is 51.3. The van der Waals surface area contributed by atoms with Crippen molar-refractivity contribution in [2.24, 2.45) is 11.1 Å². The van der Waals surface area contributed by atoms with E-state index in [-0.39, 0.29) is 43.3 Å². The first kappa shape index (κ1) is 59.2. The second-order valence-electron chi connectivity index (χ2n) is 27.5. The largest absolute Gasteiger partial charge is 0.426 e. The van der Waals surface area contributed by atoms with Gasteiger partial charge in [0.15, 0.2) is 0 Å². The topological polar surface area (TPSA) is 117 Å². The molecule has 2 fully saturated rings. The van der Waals surface area contributed by atoms with Gasteiger partial charge >= 0.3 is 25.4 Å². The lowest BCUT2D eigenvalue weighted by atomic mass is 9.77. The minimum absolute atomic E-state index is 0.0162. The van der Waals surface area contributed by atoms with E-state index in [4.69, 9.17) is 45.8 Å². The molecule has 4 aromatic carbocycles. The molecule has 0 atom stereocenters. The van der Waals surface area contributed by atoms with E-state index in [1.165, 1.54) is 33.4 Å². The van der Waals surface area contributed by atoms with Crippen molar-refractivity contribution in [3.05, 3.63) is 105 Å². The van der Waals surface area contributed by atoms with Crippen LogP contribution in [0.15, 0.2) is 69.1 Å². The normalized spacial score (nSPS) is 19.5. The van der Waals surface area contributed by atoms with Crippen molar-refractivity contribution < 1.29 is 40.1 Å². The van der Waals surface area contributed by atoms with Gasteiger partial charge in [-0.1, -0.05) is 187 Å². The van der Waals surface area contributed by atoms with Crippen LogP contribution in [0.3, 0.4) is 0 Å². The van der Waals surface area contributed by atoms with Gasteiger partial charge in [0, 0.05) is 39.6 Å². The number of nitrogens with two attached hydrogens (primary N) is 1. The third-order valence-corrected chi connectivity index (χ3v) is 16.4. The van der Waals surface area contributed by atoms with Gasteiger partial charge in [-0.25, -0.2) is 0 Å². The molecule has 404 valence electrons. The van der Waals surface area contributed by atoms with Gasteiger partial charge in [-0.2, -0.15) is 0 Å². The van der Waals surface area contributed by atoms with Crippen LogP contribution in [-0.2, 0) is 56.0 Å². The predicted octanol–water partition coefficient (Wildman–Crippen LogP) is 17.7. The van der Waals surface area contributed by atoms with Gasteiger partial charge in [0.25, 0.3) is 0 Å². The number of rotatable bonds is 7. The number of hydrogen-bond donors (Lipinski definition) is 1. The third kappa shape index (κ3) is 14.7. The number of hydrogen-bond acceptors (Lipinski definition) is 10. The second kappa shape index (κ2) is 21.8. The molecule has 2 aliphatic rings. The minimum Gasteiger partial charge on any atom is -0.426 e. The van der Waals surface area contributed by atoms with Crippen LogP contribution in [0.25, 0.3) is 21.9 Å². The van der Waals surface area contributed by atoms with Gasteiger partial charge in [-0.05, 0) is 85.8 Å². The first-order valence-electron chi connectivity index (χ1n) is 26.0. The molecule has 73 heavy (non-hydrogen) atoms. The van der Waals surface area contributed by atoms with Gasteiger partial charge in [0.1, 0.15) is 22.7 Å². The average molecular weight is 1060 g/mol. The fourth-order valence-electron chi connectivity index (χ4n) is 8.50. The lowest BCUT2D eigenvalue weighted by molar-refractivity contribution is -0.0673. The molecule has 0 saturated carbocycles. The Morgan fingerprint density at radius 1 is 0.452 bits per heavy atom. The molecule has 0 aliphatic carbocycles. The Bertz CT molecular complexity index is 2660. The molecule has 1 spiro atoms. The highest BCUT2D eigenvalue weighted by molar-refractivity contribution is 7.42. The van der Waals surface area contributed by atoms with E-state index in [0.29, 0.717) is 39.6 Å². The van der Waals surface area contributed by atoms with Gasteiger partial charge in [0.2, 0.25) is 0 Å². The van der Waals surface area contributed by atoms with Gasteiger partial charge in [0.05, 0.1) is 38.4 Å². The van der Waals surface area contributed by atoms with Crippen LogP contribution in [0.5, 0.6) is 11.5 Å². The average Bonchev–Trinajstić information content (AvgIpc) is 3.41. The quantitative estimate of drug-likeness (QED) is 0.158. The summed E-state index contributed by atoms with van der Waals surface area (Å²) < 4.78 is 56.1. The van der Waals surface area contributed by atoms with Crippen molar-refractivity contribution in [3.8, 4) is 11.5 Å². The SMILES string of the molecule is CC(C)(C)c1cc(C(C)(C)C)c2op(OCCN)oc3c(C(C)(C)C)cc(C(C)(C)C)cc3c2c1.Cc1ccc(OP2OCC3(CO2)COP(Oc2ccc(C(C)(C)C)cc2C(C)(C)C)OC3)c(C(C)(C)C)c1. The first-order chi connectivity index (χ1) is 33.4. The molecule has 0 radical (unpaired) electrons. The zero-order valence-electron chi connectivity index (χ0n) is 48.6. The van der Waals surface area contributed by atoms with E-state index in [9.17, 15) is 0 Å². The molecule has 0 unspecified atom stereocenters. The Labute approximate surface area is 443 Å². The molecule has 2 N–H and O–H groups in total. The summed E-state index contributed by atoms with van der Waals surface area (Å²) >= 11 is 0. The van der Waals surface area contributed by atoms with E-state index >= 15 is 0 Å². The summed E-state index contributed by atoms with van der Waals surface area (Å²) in [6.07, 6.45) is 0. The lowest BCUT2D eigenvalue weighted by Crippen LogP contribution is -2.45. The maximum atomic E-state index is 6.62. The second-order valence-corrected chi connectivity index (χ2v) is 30.9. The maximum Gasteiger partial charge on any atom is 0.397 e. The van der Waals surface area contributed by atoms with Crippen molar-refractivity contribution in [3.63, 3.8) is 0 Å². The molecule has 0 amide bonds. The van der Waals surface area contributed by atoms with Crippen molar-refractivity contribution in [1.82, 2.24) is 0 Å². The van der Waals surface area contributed by atoms with Gasteiger partial charge < -0.3 is 41.3 Å². The minimum atomic E-state index is -1.66. The van der Waals surface area contributed by atoms with E-state index in [1.807, 2.05) is 6.07 Å². The summed E-state index contributed by atoms with van der Waals surface area (Å²) in [5.41, 5.74) is 16.5. The zero-order chi connectivity index (χ0) is 54.5. The Morgan fingerprint density at radius 3 is 1.16 bits per heavy atom. The van der Waals surface area contributed by atoms with E-state index in [2.05, 4.69) is 207 Å². The highest BCUT2D eigenvalue weighted by Gasteiger charge is 2.45. The van der Waals surface area contributed by atoms with Crippen LogP contribution in [-0.4, -0.2) is 39.6 Å².